The minimum Gasteiger partial charge on any atom is -0.299 e. The van der Waals surface area contributed by atoms with Crippen molar-refractivity contribution in [1.29, 1.82) is 0 Å². The fourth-order valence-electron chi connectivity index (χ4n) is 7.26. The van der Waals surface area contributed by atoms with Gasteiger partial charge in [-0.25, -0.2) is 9.97 Å². The first kappa shape index (κ1) is 26.5. The highest BCUT2D eigenvalue weighted by atomic mass is 15.1. The predicted molar refractivity (Wildman–Crippen MR) is 222 cm³/mol. The summed E-state index contributed by atoms with van der Waals surface area (Å²) >= 11 is 0. The molecule has 0 radical (unpaired) electrons. The molecule has 0 atom stereocenters. The third-order valence-corrected chi connectivity index (χ3v) is 9.84. The summed E-state index contributed by atoms with van der Waals surface area (Å²) in [6, 6.07) is 55.2. The van der Waals surface area contributed by atoms with Crippen LogP contribution in [0.15, 0.2) is 206 Å². The second-order valence-corrected chi connectivity index (χ2v) is 13.2. The summed E-state index contributed by atoms with van der Waals surface area (Å²) in [6.45, 7) is 0. The van der Waals surface area contributed by atoms with Gasteiger partial charge in [0.15, 0.2) is 0 Å². The van der Waals surface area contributed by atoms with Gasteiger partial charge < -0.3 is 0 Å². The van der Waals surface area contributed by atoms with Gasteiger partial charge in [-0.05, 0) is 88.0 Å². The maximum absolute atomic E-state index is 8.86. The molecule has 0 amide bonds. The van der Waals surface area contributed by atoms with Crippen molar-refractivity contribution in [3.8, 4) is 73.0 Å². The second kappa shape index (κ2) is 13.4. The van der Waals surface area contributed by atoms with Crippen molar-refractivity contribution in [3.63, 3.8) is 0 Å². The summed E-state index contributed by atoms with van der Waals surface area (Å²) in [5.74, 6) is 0.841. The number of para-hydroxylation sites is 2. The van der Waals surface area contributed by atoms with Crippen LogP contribution in [0.2, 0.25) is 0 Å². The van der Waals surface area contributed by atoms with Crippen molar-refractivity contribution in [2.45, 2.75) is 0 Å². The van der Waals surface area contributed by atoms with Crippen molar-refractivity contribution in [2.24, 2.45) is 0 Å². The molecule has 10 rings (SSSR count). The average molecular weight is 696 g/mol. The first-order valence-electron chi connectivity index (χ1n) is 20.3. The fourth-order valence-corrected chi connectivity index (χ4v) is 7.26. The highest BCUT2D eigenvalue weighted by Gasteiger charge is 2.17. The maximum Gasteiger partial charge on any atom is 0.145 e. The van der Waals surface area contributed by atoms with E-state index in [0.717, 1.165) is 78.5 Å². The van der Waals surface area contributed by atoms with Crippen LogP contribution in [0.1, 0.15) is 6.85 Å². The van der Waals surface area contributed by atoms with E-state index in [9.17, 15) is 0 Å². The smallest absolute Gasteiger partial charge is 0.145 e. The first-order valence-corrected chi connectivity index (χ1v) is 17.8. The number of nitrogens with zero attached hydrogens (tertiary/aromatic N) is 4. The van der Waals surface area contributed by atoms with Gasteiger partial charge in [-0.1, -0.05) is 145 Å². The monoisotopic (exact) mass is 695 g/mol. The van der Waals surface area contributed by atoms with E-state index in [2.05, 4.69) is 93.9 Å². The summed E-state index contributed by atoms with van der Waals surface area (Å²) in [6.07, 6.45) is 2.03. The molecule has 10 aromatic rings. The van der Waals surface area contributed by atoms with Crippen molar-refractivity contribution in [1.82, 2.24) is 18.9 Å². The van der Waals surface area contributed by atoms with E-state index in [1.807, 2.05) is 91.1 Å². The van der Waals surface area contributed by atoms with E-state index >= 15 is 0 Å². The largest absolute Gasteiger partial charge is 0.299 e. The number of imidazole rings is 2. The van der Waals surface area contributed by atoms with Crippen LogP contribution in [-0.4, -0.2) is 18.9 Å². The molecule has 0 unspecified atom stereocenters. The van der Waals surface area contributed by atoms with Crippen LogP contribution in [0.4, 0.5) is 0 Å². The number of fused-ring (bicyclic) bond motifs is 2. The molecular weight excluding hydrogens is 657 g/mol. The molecule has 0 saturated carbocycles. The van der Waals surface area contributed by atoms with Crippen LogP contribution in [0.25, 0.3) is 89.7 Å². The van der Waals surface area contributed by atoms with Gasteiger partial charge in [0.05, 0.1) is 29.3 Å². The molecular formula is C50H34N4. The summed E-state index contributed by atoms with van der Waals surface area (Å²) in [4.78, 5) is 10.0. The van der Waals surface area contributed by atoms with E-state index in [0.29, 0.717) is 5.56 Å². The lowest BCUT2D eigenvalue weighted by molar-refractivity contribution is 1.10. The van der Waals surface area contributed by atoms with Crippen molar-refractivity contribution < 1.29 is 6.85 Å². The third kappa shape index (κ3) is 5.67. The molecule has 0 N–H and O–H groups in total. The molecule has 0 aliphatic rings. The van der Waals surface area contributed by atoms with Crippen LogP contribution in [0.3, 0.4) is 0 Å². The minimum atomic E-state index is -0.421. The Balaban J connectivity index is 1.10. The quantitative estimate of drug-likeness (QED) is 0.166. The molecule has 0 spiro atoms. The first-order chi connectivity index (χ1) is 28.8. The van der Waals surface area contributed by atoms with E-state index in [1.54, 1.807) is 0 Å². The van der Waals surface area contributed by atoms with E-state index in [-0.39, 0.29) is 29.7 Å². The van der Waals surface area contributed by atoms with Gasteiger partial charge in [0.2, 0.25) is 0 Å². The van der Waals surface area contributed by atoms with E-state index in [4.69, 9.17) is 16.8 Å². The Labute approximate surface area is 321 Å². The van der Waals surface area contributed by atoms with Gasteiger partial charge in [0, 0.05) is 28.6 Å². The van der Waals surface area contributed by atoms with Gasteiger partial charge >= 0.3 is 0 Å². The Bertz CT molecular complexity index is 3160. The number of aromatic nitrogens is 4. The molecule has 7 aromatic carbocycles. The van der Waals surface area contributed by atoms with Crippen molar-refractivity contribution >= 4 is 16.7 Å². The highest BCUT2D eigenvalue weighted by molar-refractivity contribution is 5.86. The molecule has 54 heavy (non-hydrogen) atoms. The fraction of sp³-hybridized carbons (Fsp3) is 0. The lowest BCUT2D eigenvalue weighted by atomic mass is 9.92. The highest BCUT2D eigenvalue weighted by Crippen LogP contribution is 2.37. The normalized spacial score (nSPS) is 12.6. The number of rotatable bonds is 7. The molecule has 0 fully saturated rings. The standard InChI is InChI=1S/C50H34N4/c1-4-14-35(15-5-1)41-32-42(36-23-25-38(26-24-36)48-49(39-16-6-2-7-17-39)53-31-13-12-22-47(53)52-48)34-43(33-41)37-27-29-44(30-28-37)54-46-21-11-10-20-45(46)51-50(54)40-18-8-3-9-19-40/h1-34H/i1D,4D,5D,14D,15D. The predicted octanol–water partition coefficient (Wildman–Crippen LogP) is 12.7. The topological polar surface area (TPSA) is 35.1 Å². The molecule has 0 bridgehead atoms. The Morgan fingerprint density at radius 1 is 0.426 bits per heavy atom. The van der Waals surface area contributed by atoms with E-state index < -0.39 is 6.04 Å². The Kier molecular flexibility index (Phi) is 6.54. The summed E-state index contributed by atoms with van der Waals surface area (Å²) < 4.78 is 47.1. The third-order valence-electron chi connectivity index (χ3n) is 9.84. The second-order valence-electron chi connectivity index (χ2n) is 13.2. The van der Waals surface area contributed by atoms with Crippen LogP contribution >= 0.6 is 0 Å². The van der Waals surface area contributed by atoms with Gasteiger partial charge in [-0.2, -0.15) is 0 Å². The van der Waals surface area contributed by atoms with Crippen LogP contribution in [0.5, 0.6) is 0 Å². The van der Waals surface area contributed by atoms with Crippen molar-refractivity contribution in [3.05, 3.63) is 206 Å². The molecule has 3 aromatic heterocycles. The Hall–Kier alpha value is -7.30. The van der Waals surface area contributed by atoms with Crippen LogP contribution < -0.4 is 0 Å². The summed E-state index contributed by atoms with van der Waals surface area (Å²) in [5.41, 5.74) is 12.7. The lowest BCUT2D eigenvalue weighted by Gasteiger charge is -2.14. The number of hydrogen-bond donors (Lipinski definition) is 0. The molecule has 0 aliphatic heterocycles. The SMILES string of the molecule is [2H]c1c([2H])c([2H])c(-c2cc(-c3ccc(-c4nc5ccccn5c4-c4ccccc4)cc3)cc(-c3ccc(-n4c(-c5ccccc5)nc5ccccc54)cc3)c2)c([2H])c1[2H]. The lowest BCUT2D eigenvalue weighted by Crippen LogP contribution is -1.97. The zero-order valence-corrected chi connectivity index (χ0v) is 29.0. The summed E-state index contributed by atoms with van der Waals surface area (Å²) in [5, 5.41) is 0. The zero-order valence-electron chi connectivity index (χ0n) is 34.0. The van der Waals surface area contributed by atoms with Crippen molar-refractivity contribution in [2.75, 3.05) is 0 Å². The molecule has 0 aliphatic carbocycles. The van der Waals surface area contributed by atoms with Gasteiger partial charge in [-0.3, -0.25) is 8.97 Å². The number of hydrogen-bond acceptors (Lipinski definition) is 2. The van der Waals surface area contributed by atoms with Gasteiger partial charge in [0.25, 0.3) is 0 Å². The minimum absolute atomic E-state index is 0.155. The van der Waals surface area contributed by atoms with Crippen LogP contribution in [-0.2, 0) is 0 Å². The van der Waals surface area contributed by atoms with E-state index in [1.165, 1.54) is 0 Å². The molecule has 4 heteroatoms. The molecule has 3 heterocycles. The average Bonchev–Trinajstić information content (AvgIpc) is 3.88. The Morgan fingerprint density at radius 3 is 1.70 bits per heavy atom. The molecule has 4 nitrogen and oxygen atoms in total. The number of benzene rings is 7. The summed E-state index contributed by atoms with van der Waals surface area (Å²) in [7, 11) is 0. The zero-order chi connectivity index (χ0) is 40.2. The van der Waals surface area contributed by atoms with Crippen LogP contribution in [0, 0.1) is 0 Å². The van der Waals surface area contributed by atoms with Gasteiger partial charge in [0.1, 0.15) is 11.5 Å². The Morgan fingerprint density at radius 2 is 1.00 bits per heavy atom. The number of pyridine rings is 1. The van der Waals surface area contributed by atoms with Gasteiger partial charge in [-0.15, -0.1) is 0 Å². The molecule has 0 saturated heterocycles. The molecule has 254 valence electrons. The maximum atomic E-state index is 8.86.